The van der Waals surface area contributed by atoms with Crippen molar-refractivity contribution >= 4 is 98.5 Å². The Labute approximate surface area is 610 Å². The molecule has 0 unspecified atom stereocenters. The van der Waals surface area contributed by atoms with Crippen molar-refractivity contribution < 1.29 is 31.4 Å². The van der Waals surface area contributed by atoms with Gasteiger partial charge in [0.05, 0.1) is 30.5 Å². The minimum Gasteiger partial charge on any atom is -0.443 e. The van der Waals surface area contributed by atoms with Crippen molar-refractivity contribution in [3.05, 3.63) is 245 Å². The Balaban J connectivity index is 0.000000300. The first-order valence-electron chi connectivity index (χ1n) is 33.1. The van der Waals surface area contributed by atoms with Crippen molar-refractivity contribution in [1.82, 2.24) is 35.8 Å². The fourth-order valence-electron chi connectivity index (χ4n) is 10.5. The number of para-hydroxylation sites is 3. The molecule has 0 saturated heterocycles. The van der Waals surface area contributed by atoms with E-state index in [0.717, 1.165) is 82.7 Å². The molecule has 544 valence electrons. The van der Waals surface area contributed by atoms with Gasteiger partial charge in [-0.3, -0.25) is 0 Å². The van der Waals surface area contributed by atoms with Crippen LogP contribution in [0.1, 0.15) is 247 Å². The number of rotatable bonds is 8. The molecule has 0 fully saturated rings. The average Bonchev–Trinajstić information content (AvgIpc) is 1.06. The normalized spacial score (nSPS) is 10.6. The van der Waals surface area contributed by atoms with E-state index in [-0.39, 0.29) is 44.6 Å². The number of hydrogen-bond donors (Lipinski definition) is 0. The molecular formula is C87H113N7O7S. The SMILES string of the molecule is C.C.C.C.C.C.CC(C)c1cc2ccccc2s1.CC(C)c1ccc2cnoc2c1.CC(C)c1ccc2ncoc2c1.CC(C)c1ccc2oncc2c1.CC(C)c1cccc2cnoc12.CC(C)c1cccc2ncoc12.CC(C)c1cccc2oncc12.CC(C)c1noc2ccccc12. The van der Waals surface area contributed by atoms with Crippen molar-refractivity contribution in [2.75, 3.05) is 0 Å². The van der Waals surface area contributed by atoms with Crippen LogP contribution in [0.5, 0.6) is 0 Å². The van der Waals surface area contributed by atoms with Crippen LogP contribution in [0, 0.1) is 0 Å². The second-order valence-corrected chi connectivity index (χ2v) is 27.2. The first kappa shape index (κ1) is 86.2. The molecule has 0 aliphatic heterocycles. The van der Waals surface area contributed by atoms with E-state index in [0.29, 0.717) is 47.3 Å². The van der Waals surface area contributed by atoms with Crippen LogP contribution < -0.4 is 0 Å². The Hall–Kier alpha value is -9.99. The van der Waals surface area contributed by atoms with Crippen molar-refractivity contribution in [2.45, 2.75) is 203 Å². The fraction of sp³-hybridized carbons (Fsp3) is 0.345. The molecule has 8 heterocycles. The zero-order valence-electron chi connectivity index (χ0n) is 58.1. The summed E-state index contributed by atoms with van der Waals surface area (Å²) in [5.41, 5.74) is 16.8. The maximum Gasteiger partial charge on any atom is 0.181 e. The lowest BCUT2D eigenvalue weighted by molar-refractivity contribution is 0.441. The van der Waals surface area contributed by atoms with E-state index >= 15 is 0 Å². The second kappa shape index (κ2) is 41.1. The number of thiophene rings is 1. The lowest BCUT2D eigenvalue weighted by Gasteiger charge is -2.04. The highest BCUT2D eigenvalue weighted by Gasteiger charge is 2.13. The third-order valence-electron chi connectivity index (χ3n) is 16.2. The molecule has 0 radical (unpaired) electrons. The molecular weight excluding hydrogens is 1290 g/mol. The molecule has 15 heteroatoms. The molecule has 0 bridgehead atoms. The summed E-state index contributed by atoms with van der Waals surface area (Å²) in [6.07, 6.45) is 10.00. The number of fused-ring (bicyclic) bond motifs is 8. The molecule has 0 spiro atoms. The molecule has 0 atom stereocenters. The summed E-state index contributed by atoms with van der Waals surface area (Å²) in [7, 11) is 0. The third-order valence-corrected chi connectivity index (χ3v) is 17.6. The monoisotopic (exact) mass is 1400 g/mol. The van der Waals surface area contributed by atoms with Gasteiger partial charge in [0.25, 0.3) is 0 Å². The van der Waals surface area contributed by atoms with E-state index in [4.69, 9.17) is 31.4 Å². The van der Waals surface area contributed by atoms with Crippen LogP contribution in [0.4, 0.5) is 0 Å². The van der Waals surface area contributed by atoms with Crippen molar-refractivity contribution in [3.63, 3.8) is 0 Å². The Bertz CT molecular complexity index is 4550. The largest absolute Gasteiger partial charge is 0.443 e. The average molecular weight is 1400 g/mol. The van der Waals surface area contributed by atoms with Crippen LogP contribution in [-0.4, -0.2) is 35.8 Å². The van der Waals surface area contributed by atoms with Crippen LogP contribution in [0.2, 0.25) is 0 Å². The molecule has 16 rings (SSSR count). The predicted molar refractivity (Wildman–Crippen MR) is 433 cm³/mol. The zero-order valence-corrected chi connectivity index (χ0v) is 58.9. The first-order valence-corrected chi connectivity index (χ1v) is 33.9. The lowest BCUT2D eigenvalue weighted by Crippen LogP contribution is -1.86. The first-order chi connectivity index (χ1) is 46.2. The number of aromatic nitrogens is 7. The summed E-state index contributed by atoms with van der Waals surface area (Å²) in [6, 6.07) is 55.6. The van der Waals surface area contributed by atoms with Gasteiger partial charge in [0, 0.05) is 42.1 Å². The summed E-state index contributed by atoms with van der Waals surface area (Å²) in [5, 5.41) is 25.9. The Morgan fingerprint density at radius 3 is 1.47 bits per heavy atom. The molecule has 0 amide bonds. The highest BCUT2D eigenvalue weighted by Crippen LogP contribution is 2.32. The van der Waals surface area contributed by atoms with Gasteiger partial charge in [-0.2, -0.15) is 0 Å². The molecule has 8 aromatic heterocycles. The number of hydrogen-bond acceptors (Lipinski definition) is 15. The maximum atomic E-state index is 5.30. The van der Waals surface area contributed by atoms with Gasteiger partial charge < -0.3 is 31.4 Å². The molecule has 102 heavy (non-hydrogen) atoms. The smallest absolute Gasteiger partial charge is 0.181 e. The Morgan fingerprint density at radius 1 is 0.304 bits per heavy atom. The van der Waals surface area contributed by atoms with Crippen molar-refractivity contribution in [3.8, 4) is 0 Å². The molecule has 14 nitrogen and oxygen atoms in total. The fourth-order valence-corrected chi connectivity index (χ4v) is 11.5. The van der Waals surface area contributed by atoms with Gasteiger partial charge in [-0.25, -0.2) is 9.97 Å². The van der Waals surface area contributed by atoms with Crippen molar-refractivity contribution in [1.29, 1.82) is 0 Å². The lowest BCUT2D eigenvalue weighted by atomic mass is 10.0. The standard InChI is InChI=1S/C11H12S.7C10H11NO.6CH4/c1-8(2)11-7-9-5-3-4-6-10(9)12-11;1-7(2)8-3-4-10-9(5-8)6-11-12-10;1-7(2)8-3-4-9-10(5-8)12-6-11-9;1-7(2)8-3-4-9-6-11-12-10(9)5-8;1-7(2)8-4-3-5-10-9(8)6-11-12-10;1-7(2)8-4-3-5-9-10(8)12-6-11-9;1-7(2)9-5-3-4-8-6-11-12-10(8)9;1-7(2)10-8-5-3-4-6-9(8)12-11-10;;;;;;/h3-8H,1-2H3;7*3-7H,1-2H3;6*1H4. The highest BCUT2D eigenvalue weighted by molar-refractivity contribution is 7.19. The summed E-state index contributed by atoms with van der Waals surface area (Å²) < 4.78 is 37.3. The molecule has 16 aromatic rings. The van der Waals surface area contributed by atoms with E-state index in [1.807, 2.05) is 102 Å². The van der Waals surface area contributed by atoms with Crippen LogP contribution in [0.3, 0.4) is 0 Å². The van der Waals surface area contributed by atoms with Crippen LogP contribution in [0.25, 0.3) is 87.1 Å². The highest BCUT2D eigenvalue weighted by atomic mass is 32.1. The minimum absolute atomic E-state index is 0. The van der Waals surface area contributed by atoms with E-state index in [1.165, 1.54) is 61.1 Å². The maximum absolute atomic E-state index is 5.30. The van der Waals surface area contributed by atoms with E-state index in [9.17, 15) is 0 Å². The Kier molecular flexibility index (Phi) is 34.7. The van der Waals surface area contributed by atoms with Crippen LogP contribution >= 0.6 is 11.3 Å². The molecule has 0 saturated carbocycles. The van der Waals surface area contributed by atoms with Gasteiger partial charge in [-0.15, -0.1) is 11.3 Å². The van der Waals surface area contributed by atoms with E-state index in [2.05, 4.69) is 219 Å². The van der Waals surface area contributed by atoms with Gasteiger partial charge in [0.1, 0.15) is 11.0 Å². The van der Waals surface area contributed by atoms with Gasteiger partial charge in [0.2, 0.25) is 0 Å². The zero-order chi connectivity index (χ0) is 68.4. The summed E-state index contributed by atoms with van der Waals surface area (Å²) in [4.78, 5) is 9.63. The topological polar surface area (TPSA) is 182 Å². The van der Waals surface area contributed by atoms with Crippen LogP contribution in [0.15, 0.2) is 233 Å². The Morgan fingerprint density at radius 2 is 0.804 bits per heavy atom. The number of benzene rings is 8. The van der Waals surface area contributed by atoms with Crippen LogP contribution in [-0.2, 0) is 0 Å². The van der Waals surface area contributed by atoms with E-state index in [1.54, 1.807) is 24.8 Å². The minimum atomic E-state index is 0. The molecule has 8 aromatic carbocycles. The van der Waals surface area contributed by atoms with Gasteiger partial charge >= 0.3 is 0 Å². The van der Waals surface area contributed by atoms with E-state index < -0.39 is 0 Å². The number of oxazole rings is 2. The molecule has 0 N–H and O–H groups in total. The predicted octanol–water partition coefficient (Wildman–Crippen LogP) is 28.5. The van der Waals surface area contributed by atoms with Gasteiger partial charge in [-0.05, 0) is 159 Å². The third kappa shape index (κ3) is 22.5. The van der Waals surface area contributed by atoms with Crippen molar-refractivity contribution in [2.24, 2.45) is 0 Å². The molecule has 0 aliphatic carbocycles. The molecule has 0 aliphatic rings. The summed E-state index contributed by atoms with van der Waals surface area (Å²) in [6.45, 7) is 34.7. The second-order valence-electron chi connectivity index (χ2n) is 26.0. The van der Waals surface area contributed by atoms with Gasteiger partial charge in [0.15, 0.2) is 51.9 Å². The summed E-state index contributed by atoms with van der Waals surface area (Å²) >= 11 is 1.91. The number of nitrogens with zero attached hydrogens (tertiary/aromatic N) is 7. The quantitative estimate of drug-likeness (QED) is 0.140. The summed E-state index contributed by atoms with van der Waals surface area (Å²) in [5.74, 6) is 4.22. The van der Waals surface area contributed by atoms with Gasteiger partial charge in [-0.1, -0.05) is 266 Å².